The molecule has 1 aliphatic heterocycles. The number of Topliss-reactive ketones (excluding diaryl/α,β-unsaturated/α-hetero) is 1. The van der Waals surface area contributed by atoms with Gasteiger partial charge in [0.05, 0.1) is 11.5 Å². The second kappa shape index (κ2) is 8.55. The standard InChI is InChI=1S/C21H27ClN4O3/c1-14(2)25-15(3)11-18(16(25)4)21(27)13-23-7-9-24(10-8-23)19-6-5-17(22)12-20(19)26(28)29/h5-6,11-12,14H,7-10,13H2,1-4H3. The third kappa shape index (κ3) is 4.46. The molecule has 1 aromatic heterocycles. The lowest BCUT2D eigenvalue weighted by Gasteiger charge is -2.35. The maximum Gasteiger partial charge on any atom is 0.294 e. The number of nitro benzene ring substituents is 1. The molecule has 0 saturated carbocycles. The zero-order valence-electron chi connectivity index (χ0n) is 17.3. The van der Waals surface area contributed by atoms with Gasteiger partial charge in [-0.3, -0.25) is 19.8 Å². The summed E-state index contributed by atoms with van der Waals surface area (Å²) in [5, 5.41) is 11.7. The summed E-state index contributed by atoms with van der Waals surface area (Å²) in [6, 6.07) is 7.05. The van der Waals surface area contributed by atoms with Crippen molar-refractivity contribution in [1.82, 2.24) is 9.47 Å². The molecule has 7 nitrogen and oxygen atoms in total. The summed E-state index contributed by atoms with van der Waals surface area (Å²) in [5.41, 5.74) is 3.49. The van der Waals surface area contributed by atoms with E-state index >= 15 is 0 Å². The molecule has 0 radical (unpaired) electrons. The largest absolute Gasteiger partial charge is 0.363 e. The van der Waals surface area contributed by atoms with Crippen LogP contribution in [0.5, 0.6) is 0 Å². The van der Waals surface area contributed by atoms with E-state index in [1.54, 1.807) is 12.1 Å². The van der Waals surface area contributed by atoms with Crippen LogP contribution in [0, 0.1) is 24.0 Å². The van der Waals surface area contributed by atoms with Crippen LogP contribution in [0.4, 0.5) is 11.4 Å². The molecule has 1 fully saturated rings. The molecule has 0 spiro atoms. The Morgan fingerprint density at radius 2 is 1.83 bits per heavy atom. The van der Waals surface area contributed by atoms with E-state index in [1.807, 2.05) is 24.8 Å². The first-order valence-corrected chi connectivity index (χ1v) is 10.2. The molecule has 29 heavy (non-hydrogen) atoms. The first kappa shape index (κ1) is 21.3. The molecule has 0 atom stereocenters. The quantitative estimate of drug-likeness (QED) is 0.398. The second-order valence-electron chi connectivity index (χ2n) is 7.83. The number of piperazine rings is 1. The van der Waals surface area contributed by atoms with Gasteiger partial charge in [-0.25, -0.2) is 0 Å². The minimum Gasteiger partial charge on any atom is -0.363 e. The number of aromatic nitrogens is 1. The number of aryl methyl sites for hydroxylation is 1. The molecule has 2 aromatic rings. The third-order valence-corrected chi connectivity index (χ3v) is 5.75. The second-order valence-corrected chi connectivity index (χ2v) is 8.26. The molecule has 8 heteroatoms. The van der Waals surface area contributed by atoms with Gasteiger partial charge in [0.1, 0.15) is 5.69 Å². The number of benzene rings is 1. The maximum atomic E-state index is 12.9. The highest BCUT2D eigenvalue weighted by Crippen LogP contribution is 2.31. The Hall–Kier alpha value is -2.38. The van der Waals surface area contributed by atoms with Crippen LogP contribution < -0.4 is 4.90 Å². The van der Waals surface area contributed by atoms with Gasteiger partial charge in [0.25, 0.3) is 5.69 Å². The van der Waals surface area contributed by atoms with Gasteiger partial charge in [0.15, 0.2) is 5.78 Å². The molecular formula is C21H27ClN4O3. The Labute approximate surface area is 176 Å². The van der Waals surface area contributed by atoms with E-state index in [-0.39, 0.29) is 11.5 Å². The number of halogens is 1. The van der Waals surface area contributed by atoms with E-state index in [2.05, 4.69) is 23.3 Å². The molecule has 0 bridgehead atoms. The van der Waals surface area contributed by atoms with E-state index in [0.29, 0.717) is 49.5 Å². The molecule has 1 aromatic carbocycles. The highest BCUT2D eigenvalue weighted by Gasteiger charge is 2.26. The van der Waals surface area contributed by atoms with Crippen molar-refractivity contribution in [3.63, 3.8) is 0 Å². The summed E-state index contributed by atoms with van der Waals surface area (Å²) in [6.07, 6.45) is 0. The normalized spacial score (nSPS) is 15.2. The molecule has 3 rings (SSSR count). The van der Waals surface area contributed by atoms with E-state index in [0.717, 1.165) is 17.0 Å². The van der Waals surface area contributed by atoms with Crippen LogP contribution in [0.25, 0.3) is 0 Å². The lowest BCUT2D eigenvalue weighted by atomic mass is 10.1. The van der Waals surface area contributed by atoms with Crippen LogP contribution in [0.3, 0.4) is 0 Å². The molecule has 1 aliphatic rings. The zero-order valence-corrected chi connectivity index (χ0v) is 18.1. The van der Waals surface area contributed by atoms with Gasteiger partial charge >= 0.3 is 0 Å². The van der Waals surface area contributed by atoms with E-state index in [1.165, 1.54) is 6.07 Å². The highest BCUT2D eigenvalue weighted by molar-refractivity contribution is 6.30. The Morgan fingerprint density at radius 3 is 2.38 bits per heavy atom. The Balaban J connectivity index is 1.66. The summed E-state index contributed by atoms with van der Waals surface area (Å²) >= 11 is 5.91. The van der Waals surface area contributed by atoms with Gasteiger partial charge in [0.2, 0.25) is 0 Å². The summed E-state index contributed by atoms with van der Waals surface area (Å²) in [6.45, 7) is 11.2. The molecule has 0 unspecified atom stereocenters. The molecule has 0 N–H and O–H groups in total. The number of nitro groups is 1. The Kier molecular flexibility index (Phi) is 6.29. The number of carbonyl (C=O) groups is 1. The van der Waals surface area contributed by atoms with Crippen LogP contribution in [0.2, 0.25) is 5.02 Å². The van der Waals surface area contributed by atoms with Crippen molar-refractivity contribution >= 4 is 28.8 Å². The smallest absolute Gasteiger partial charge is 0.294 e. The number of hydrogen-bond acceptors (Lipinski definition) is 5. The van der Waals surface area contributed by atoms with Crippen LogP contribution in [0.15, 0.2) is 24.3 Å². The zero-order chi connectivity index (χ0) is 21.3. The van der Waals surface area contributed by atoms with Crippen molar-refractivity contribution in [1.29, 1.82) is 0 Å². The highest BCUT2D eigenvalue weighted by atomic mass is 35.5. The molecule has 156 valence electrons. The van der Waals surface area contributed by atoms with Crippen molar-refractivity contribution < 1.29 is 9.72 Å². The lowest BCUT2D eigenvalue weighted by molar-refractivity contribution is -0.384. The monoisotopic (exact) mass is 418 g/mol. The van der Waals surface area contributed by atoms with Gasteiger partial charge in [-0.1, -0.05) is 11.6 Å². The van der Waals surface area contributed by atoms with E-state index in [4.69, 9.17) is 11.6 Å². The van der Waals surface area contributed by atoms with Crippen LogP contribution >= 0.6 is 11.6 Å². The molecular weight excluding hydrogens is 392 g/mol. The molecule has 2 heterocycles. The summed E-state index contributed by atoms with van der Waals surface area (Å²) < 4.78 is 2.19. The average Bonchev–Trinajstić information content (AvgIpc) is 2.97. The number of nitrogens with zero attached hydrogens (tertiary/aromatic N) is 4. The van der Waals surface area contributed by atoms with E-state index in [9.17, 15) is 14.9 Å². The van der Waals surface area contributed by atoms with Crippen molar-refractivity contribution in [2.24, 2.45) is 0 Å². The molecule has 0 aliphatic carbocycles. The van der Waals surface area contributed by atoms with Crippen molar-refractivity contribution in [3.05, 3.63) is 56.4 Å². The van der Waals surface area contributed by atoms with Gasteiger partial charge in [-0.2, -0.15) is 0 Å². The van der Waals surface area contributed by atoms with Gasteiger partial charge in [0, 0.05) is 60.3 Å². The van der Waals surface area contributed by atoms with Gasteiger partial charge < -0.3 is 9.47 Å². The minimum absolute atomic E-state index is 0.0168. The van der Waals surface area contributed by atoms with Crippen LogP contribution in [0.1, 0.15) is 41.6 Å². The minimum atomic E-state index is -0.401. The van der Waals surface area contributed by atoms with Gasteiger partial charge in [-0.15, -0.1) is 0 Å². The van der Waals surface area contributed by atoms with Crippen molar-refractivity contribution in [2.75, 3.05) is 37.6 Å². The van der Waals surface area contributed by atoms with Crippen LogP contribution in [-0.2, 0) is 0 Å². The third-order valence-electron chi connectivity index (χ3n) is 5.52. The summed E-state index contributed by atoms with van der Waals surface area (Å²) in [5.74, 6) is 0.121. The topological polar surface area (TPSA) is 71.6 Å². The van der Waals surface area contributed by atoms with Crippen LogP contribution in [-0.4, -0.2) is 52.9 Å². The first-order chi connectivity index (χ1) is 13.7. The fourth-order valence-corrected chi connectivity index (χ4v) is 4.37. The lowest BCUT2D eigenvalue weighted by Crippen LogP contribution is -2.48. The Bertz CT molecular complexity index is 930. The summed E-state index contributed by atoms with van der Waals surface area (Å²) in [7, 11) is 0. The molecule has 1 saturated heterocycles. The maximum absolute atomic E-state index is 12.9. The molecule has 0 amide bonds. The average molecular weight is 419 g/mol. The van der Waals surface area contributed by atoms with Gasteiger partial charge in [-0.05, 0) is 45.9 Å². The van der Waals surface area contributed by atoms with E-state index < -0.39 is 4.92 Å². The fraction of sp³-hybridized carbons (Fsp3) is 0.476. The number of rotatable bonds is 6. The number of hydrogen-bond donors (Lipinski definition) is 0. The van der Waals surface area contributed by atoms with Crippen molar-refractivity contribution in [2.45, 2.75) is 33.7 Å². The number of anilines is 1. The van der Waals surface area contributed by atoms with Crippen molar-refractivity contribution in [3.8, 4) is 0 Å². The summed E-state index contributed by atoms with van der Waals surface area (Å²) in [4.78, 5) is 27.9. The first-order valence-electron chi connectivity index (χ1n) is 9.82. The predicted molar refractivity (Wildman–Crippen MR) is 115 cm³/mol. The number of ketones is 1. The SMILES string of the molecule is Cc1cc(C(=O)CN2CCN(c3ccc(Cl)cc3[N+](=O)[O-])CC2)c(C)n1C(C)C. The fourth-order valence-electron chi connectivity index (χ4n) is 4.20. The predicted octanol–water partition coefficient (Wildman–Crippen LogP) is 4.25. The number of carbonyl (C=O) groups excluding carboxylic acids is 1. The Morgan fingerprint density at radius 1 is 1.17 bits per heavy atom.